The largest absolute Gasteiger partial charge is 0.369 e. The van der Waals surface area contributed by atoms with Crippen molar-refractivity contribution in [2.45, 2.75) is 20.3 Å². The average Bonchev–Trinajstić information content (AvgIpc) is 2.93. The standard InChI is InChI=1S/C17H17N5O2/c1-10-7-11(2)22-16(20-10)14(9-19-22)17(24)21-13-5-3-12(4-6-13)8-15(18)23/h3-7,9H,8H2,1-2H3,(H2,18,23)(H,21,24). The third-order valence-electron chi connectivity index (χ3n) is 3.61. The van der Waals surface area contributed by atoms with Gasteiger partial charge in [0.05, 0.1) is 12.6 Å². The van der Waals surface area contributed by atoms with Crippen molar-refractivity contribution in [3.05, 3.63) is 59.0 Å². The number of carbonyl (C=O) groups excluding carboxylic acids is 2. The van der Waals surface area contributed by atoms with Crippen LogP contribution in [0.25, 0.3) is 5.65 Å². The minimum Gasteiger partial charge on any atom is -0.369 e. The number of nitrogens with one attached hydrogen (secondary N) is 1. The van der Waals surface area contributed by atoms with Crippen LogP contribution >= 0.6 is 0 Å². The maximum absolute atomic E-state index is 12.5. The number of hydrogen-bond donors (Lipinski definition) is 2. The van der Waals surface area contributed by atoms with Crippen LogP contribution in [0.4, 0.5) is 5.69 Å². The highest BCUT2D eigenvalue weighted by molar-refractivity contribution is 6.08. The molecule has 0 aliphatic rings. The molecule has 0 spiro atoms. The van der Waals surface area contributed by atoms with Crippen LogP contribution in [0.3, 0.4) is 0 Å². The van der Waals surface area contributed by atoms with Gasteiger partial charge in [-0.2, -0.15) is 5.10 Å². The number of carbonyl (C=O) groups is 2. The molecule has 24 heavy (non-hydrogen) atoms. The van der Waals surface area contributed by atoms with Crippen LogP contribution in [0.5, 0.6) is 0 Å². The molecule has 0 saturated heterocycles. The van der Waals surface area contributed by atoms with Crippen LogP contribution in [0.1, 0.15) is 27.3 Å². The van der Waals surface area contributed by atoms with Crippen molar-refractivity contribution in [3.63, 3.8) is 0 Å². The number of nitrogens with zero attached hydrogens (tertiary/aromatic N) is 3. The Morgan fingerprint density at radius 2 is 1.92 bits per heavy atom. The minimum absolute atomic E-state index is 0.171. The fourth-order valence-electron chi connectivity index (χ4n) is 2.54. The van der Waals surface area contributed by atoms with Gasteiger partial charge in [-0.05, 0) is 37.6 Å². The Balaban J connectivity index is 1.84. The normalized spacial score (nSPS) is 10.8. The highest BCUT2D eigenvalue weighted by Crippen LogP contribution is 2.15. The molecule has 2 heterocycles. The molecular weight excluding hydrogens is 306 g/mol. The van der Waals surface area contributed by atoms with Crippen molar-refractivity contribution >= 4 is 23.1 Å². The fourth-order valence-corrected chi connectivity index (χ4v) is 2.54. The third-order valence-corrected chi connectivity index (χ3v) is 3.61. The van der Waals surface area contributed by atoms with Gasteiger partial charge in [-0.3, -0.25) is 9.59 Å². The highest BCUT2D eigenvalue weighted by atomic mass is 16.2. The summed E-state index contributed by atoms with van der Waals surface area (Å²) in [7, 11) is 0. The van der Waals surface area contributed by atoms with Crippen LogP contribution in [0.15, 0.2) is 36.5 Å². The van der Waals surface area contributed by atoms with Gasteiger partial charge in [-0.15, -0.1) is 0 Å². The monoisotopic (exact) mass is 323 g/mol. The molecule has 2 amide bonds. The van der Waals surface area contributed by atoms with E-state index in [9.17, 15) is 9.59 Å². The van der Waals surface area contributed by atoms with Gasteiger partial charge >= 0.3 is 0 Å². The molecule has 0 fully saturated rings. The number of aryl methyl sites for hydroxylation is 2. The Kier molecular flexibility index (Phi) is 3.99. The SMILES string of the molecule is Cc1cc(C)n2ncc(C(=O)Nc3ccc(CC(N)=O)cc3)c2n1. The molecule has 0 saturated carbocycles. The summed E-state index contributed by atoms with van der Waals surface area (Å²) in [6.45, 7) is 3.78. The topological polar surface area (TPSA) is 102 Å². The minimum atomic E-state index is -0.394. The molecule has 0 aliphatic heterocycles. The smallest absolute Gasteiger partial charge is 0.261 e. The van der Waals surface area contributed by atoms with Crippen molar-refractivity contribution in [3.8, 4) is 0 Å². The predicted molar refractivity (Wildman–Crippen MR) is 89.8 cm³/mol. The summed E-state index contributed by atoms with van der Waals surface area (Å²) in [6, 6.07) is 8.86. The number of nitrogens with two attached hydrogens (primary N) is 1. The van der Waals surface area contributed by atoms with Crippen molar-refractivity contribution < 1.29 is 9.59 Å². The molecule has 7 nitrogen and oxygen atoms in total. The van der Waals surface area contributed by atoms with Gasteiger partial charge in [0.15, 0.2) is 5.65 Å². The molecule has 0 radical (unpaired) electrons. The van der Waals surface area contributed by atoms with E-state index in [1.165, 1.54) is 6.20 Å². The van der Waals surface area contributed by atoms with E-state index in [0.29, 0.717) is 16.9 Å². The molecule has 3 aromatic rings. The molecule has 0 atom stereocenters. The summed E-state index contributed by atoms with van der Waals surface area (Å²) in [5, 5.41) is 7.02. The van der Waals surface area contributed by atoms with Gasteiger partial charge in [0.2, 0.25) is 5.91 Å². The van der Waals surface area contributed by atoms with Crippen LogP contribution < -0.4 is 11.1 Å². The molecule has 0 aliphatic carbocycles. The zero-order valence-electron chi connectivity index (χ0n) is 13.4. The van der Waals surface area contributed by atoms with Crippen LogP contribution in [-0.2, 0) is 11.2 Å². The van der Waals surface area contributed by atoms with Crippen molar-refractivity contribution in [2.24, 2.45) is 5.73 Å². The fraction of sp³-hybridized carbons (Fsp3) is 0.176. The Bertz CT molecular complexity index is 928. The molecule has 3 rings (SSSR count). The lowest BCUT2D eigenvalue weighted by Gasteiger charge is -2.06. The Labute approximate surface area is 138 Å². The second-order valence-corrected chi connectivity index (χ2v) is 5.63. The van der Waals surface area contributed by atoms with Gasteiger partial charge in [0.25, 0.3) is 5.91 Å². The average molecular weight is 323 g/mol. The molecule has 0 bridgehead atoms. The summed E-state index contributed by atoms with van der Waals surface area (Å²) in [4.78, 5) is 27.8. The van der Waals surface area contributed by atoms with E-state index in [1.54, 1.807) is 28.8 Å². The zero-order valence-corrected chi connectivity index (χ0v) is 13.4. The Morgan fingerprint density at radius 3 is 2.58 bits per heavy atom. The molecular formula is C17H17N5O2. The maximum Gasteiger partial charge on any atom is 0.261 e. The Hall–Kier alpha value is -3.22. The number of amides is 2. The first-order chi connectivity index (χ1) is 11.4. The molecule has 7 heteroatoms. The number of aromatic nitrogens is 3. The molecule has 1 aromatic carbocycles. The summed E-state index contributed by atoms with van der Waals surface area (Å²) in [6.07, 6.45) is 1.68. The van der Waals surface area contributed by atoms with Crippen LogP contribution in [0.2, 0.25) is 0 Å². The number of primary amides is 1. The highest BCUT2D eigenvalue weighted by Gasteiger charge is 2.15. The maximum atomic E-state index is 12.5. The van der Waals surface area contributed by atoms with Crippen molar-refractivity contribution in [1.82, 2.24) is 14.6 Å². The van der Waals surface area contributed by atoms with Gasteiger partial charge < -0.3 is 11.1 Å². The summed E-state index contributed by atoms with van der Waals surface area (Å²) in [5.74, 6) is -0.680. The van der Waals surface area contributed by atoms with Crippen molar-refractivity contribution in [1.29, 1.82) is 0 Å². The van der Waals surface area contributed by atoms with E-state index < -0.39 is 5.91 Å². The van der Waals surface area contributed by atoms with Gasteiger partial charge in [0, 0.05) is 17.1 Å². The van der Waals surface area contributed by atoms with E-state index in [2.05, 4.69) is 15.4 Å². The first-order valence-corrected chi connectivity index (χ1v) is 7.44. The van der Waals surface area contributed by atoms with Gasteiger partial charge in [-0.1, -0.05) is 12.1 Å². The van der Waals surface area contributed by atoms with Gasteiger partial charge in [-0.25, -0.2) is 9.50 Å². The van der Waals surface area contributed by atoms with Crippen LogP contribution in [-0.4, -0.2) is 26.4 Å². The van der Waals surface area contributed by atoms with Gasteiger partial charge in [0.1, 0.15) is 5.56 Å². The lowest BCUT2D eigenvalue weighted by atomic mass is 10.1. The van der Waals surface area contributed by atoms with Crippen molar-refractivity contribution in [2.75, 3.05) is 5.32 Å². The second kappa shape index (κ2) is 6.11. The first-order valence-electron chi connectivity index (χ1n) is 7.44. The summed E-state index contributed by atoms with van der Waals surface area (Å²) in [5.41, 5.74) is 9.24. The summed E-state index contributed by atoms with van der Waals surface area (Å²) >= 11 is 0. The third kappa shape index (κ3) is 3.10. The number of benzene rings is 1. The molecule has 2 aromatic heterocycles. The molecule has 0 unspecified atom stereocenters. The quantitative estimate of drug-likeness (QED) is 0.761. The second-order valence-electron chi connectivity index (χ2n) is 5.63. The van der Waals surface area contributed by atoms with Crippen LogP contribution in [0, 0.1) is 13.8 Å². The summed E-state index contributed by atoms with van der Waals surface area (Å²) < 4.78 is 1.64. The van der Waals surface area contributed by atoms with E-state index in [4.69, 9.17) is 5.73 Å². The lowest BCUT2D eigenvalue weighted by molar-refractivity contribution is -0.117. The van der Waals surface area contributed by atoms with E-state index in [-0.39, 0.29) is 12.3 Å². The van der Waals surface area contributed by atoms with E-state index in [0.717, 1.165) is 17.0 Å². The van der Waals surface area contributed by atoms with E-state index >= 15 is 0 Å². The number of anilines is 1. The number of fused-ring (bicyclic) bond motifs is 1. The predicted octanol–water partition coefficient (Wildman–Crippen LogP) is 1.63. The zero-order chi connectivity index (χ0) is 17.3. The lowest BCUT2D eigenvalue weighted by Crippen LogP contribution is -2.14. The van der Waals surface area contributed by atoms with E-state index in [1.807, 2.05) is 19.9 Å². The number of rotatable bonds is 4. The molecule has 3 N–H and O–H groups in total. The first kappa shape index (κ1) is 15.7. The number of hydrogen-bond acceptors (Lipinski definition) is 4. The Morgan fingerprint density at radius 1 is 1.21 bits per heavy atom. The molecule has 122 valence electrons.